The maximum absolute atomic E-state index is 12.9. The number of ether oxygens (including phenoxy) is 1. The third-order valence-corrected chi connectivity index (χ3v) is 6.60. The number of amides is 1. The molecular weight excluding hydrogens is 422 g/mol. The predicted molar refractivity (Wildman–Crippen MR) is 128 cm³/mol. The Labute approximate surface area is 193 Å². The van der Waals surface area contributed by atoms with E-state index in [0.29, 0.717) is 25.5 Å². The van der Waals surface area contributed by atoms with E-state index in [4.69, 9.17) is 4.74 Å². The van der Waals surface area contributed by atoms with Crippen LogP contribution in [0.3, 0.4) is 0 Å². The summed E-state index contributed by atoms with van der Waals surface area (Å²) in [5.41, 5.74) is 4.51. The molecule has 168 valence electrons. The molecule has 0 radical (unpaired) electrons. The molecule has 0 N–H and O–H groups in total. The van der Waals surface area contributed by atoms with E-state index in [2.05, 4.69) is 57.8 Å². The number of rotatable bonds is 7. The number of para-hydroxylation sites is 1. The van der Waals surface area contributed by atoms with Gasteiger partial charge in [-0.1, -0.05) is 54.2 Å². The second kappa shape index (κ2) is 10.2. The molecule has 0 saturated carbocycles. The van der Waals surface area contributed by atoms with Crippen molar-refractivity contribution in [1.82, 2.24) is 19.7 Å². The lowest BCUT2D eigenvalue weighted by molar-refractivity contribution is -0.127. The molecule has 2 aromatic carbocycles. The Morgan fingerprint density at radius 1 is 1.03 bits per heavy atom. The largest absolute Gasteiger partial charge is 0.378 e. The molecule has 0 aliphatic carbocycles. The van der Waals surface area contributed by atoms with Gasteiger partial charge in [0.1, 0.15) is 0 Å². The van der Waals surface area contributed by atoms with Gasteiger partial charge in [0.15, 0.2) is 5.16 Å². The molecular formula is C24H29N5O2S. The summed E-state index contributed by atoms with van der Waals surface area (Å²) in [5.74, 6) is 1.16. The van der Waals surface area contributed by atoms with Gasteiger partial charge in [-0.2, -0.15) is 0 Å². The highest BCUT2D eigenvalue weighted by atomic mass is 32.2. The summed E-state index contributed by atoms with van der Waals surface area (Å²) in [5, 5.41) is 9.68. The summed E-state index contributed by atoms with van der Waals surface area (Å²) in [6.45, 7) is 7.62. The molecule has 0 atom stereocenters. The molecule has 1 saturated heterocycles. The maximum atomic E-state index is 12.9. The monoisotopic (exact) mass is 451 g/mol. The molecule has 3 aromatic rings. The zero-order valence-corrected chi connectivity index (χ0v) is 19.6. The lowest BCUT2D eigenvalue weighted by Crippen LogP contribution is -2.38. The summed E-state index contributed by atoms with van der Waals surface area (Å²) >= 11 is 1.43. The molecule has 2 heterocycles. The number of aryl methyl sites for hydroxylation is 2. The van der Waals surface area contributed by atoms with Crippen LogP contribution >= 0.6 is 11.8 Å². The van der Waals surface area contributed by atoms with Crippen molar-refractivity contribution in [1.29, 1.82) is 0 Å². The molecule has 1 amide bonds. The van der Waals surface area contributed by atoms with E-state index in [-0.39, 0.29) is 5.91 Å². The predicted octanol–water partition coefficient (Wildman–Crippen LogP) is 3.47. The quantitative estimate of drug-likeness (QED) is 0.513. The third-order valence-electron chi connectivity index (χ3n) is 5.69. The molecule has 7 nitrogen and oxygen atoms in total. The summed E-state index contributed by atoms with van der Waals surface area (Å²) in [7, 11) is 1.85. The summed E-state index contributed by atoms with van der Waals surface area (Å²) in [6.07, 6.45) is 0. The van der Waals surface area contributed by atoms with Crippen LogP contribution in [-0.4, -0.2) is 64.7 Å². The fourth-order valence-electron chi connectivity index (χ4n) is 3.72. The summed E-state index contributed by atoms with van der Waals surface area (Å²) in [6, 6.07) is 16.3. The third kappa shape index (κ3) is 4.97. The molecule has 1 aliphatic heterocycles. The van der Waals surface area contributed by atoms with Crippen LogP contribution in [0, 0.1) is 13.8 Å². The smallest absolute Gasteiger partial charge is 0.233 e. The van der Waals surface area contributed by atoms with Crippen LogP contribution in [0.4, 0.5) is 5.95 Å². The minimum atomic E-state index is 0.0607. The van der Waals surface area contributed by atoms with E-state index >= 15 is 0 Å². The van der Waals surface area contributed by atoms with Gasteiger partial charge in [-0.05, 0) is 36.6 Å². The van der Waals surface area contributed by atoms with Crippen molar-refractivity contribution < 1.29 is 9.53 Å². The first-order valence-electron chi connectivity index (χ1n) is 10.8. The Morgan fingerprint density at radius 3 is 2.44 bits per heavy atom. The Hall–Kier alpha value is -2.84. The topological polar surface area (TPSA) is 63.5 Å². The minimum Gasteiger partial charge on any atom is -0.378 e. The van der Waals surface area contributed by atoms with E-state index in [9.17, 15) is 4.79 Å². The van der Waals surface area contributed by atoms with E-state index < -0.39 is 0 Å². The molecule has 8 heteroatoms. The van der Waals surface area contributed by atoms with Crippen molar-refractivity contribution in [3.8, 4) is 5.69 Å². The molecule has 0 spiro atoms. The van der Waals surface area contributed by atoms with Gasteiger partial charge < -0.3 is 14.5 Å². The number of hydrogen-bond acceptors (Lipinski definition) is 6. The Morgan fingerprint density at radius 2 is 1.72 bits per heavy atom. The van der Waals surface area contributed by atoms with Crippen LogP contribution in [0.2, 0.25) is 0 Å². The second-order valence-electron chi connectivity index (χ2n) is 7.97. The Bertz CT molecular complexity index is 1080. The van der Waals surface area contributed by atoms with E-state index in [1.165, 1.54) is 17.3 Å². The fraction of sp³-hybridized carbons (Fsp3) is 0.375. The van der Waals surface area contributed by atoms with Crippen LogP contribution < -0.4 is 4.90 Å². The minimum absolute atomic E-state index is 0.0607. The van der Waals surface area contributed by atoms with Gasteiger partial charge in [0.2, 0.25) is 11.9 Å². The van der Waals surface area contributed by atoms with E-state index in [1.807, 2.05) is 31.3 Å². The number of nitrogens with zero attached hydrogens (tertiary/aromatic N) is 5. The van der Waals surface area contributed by atoms with Crippen LogP contribution in [-0.2, 0) is 16.1 Å². The van der Waals surface area contributed by atoms with E-state index in [1.54, 1.807) is 4.90 Å². The molecule has 0 bridgehead atoms. The average Bonchev–Trinajstić information content (AvgIpc) is 3.23. The highest BCUT2D eigenvalue weighted by Crippen LogP contribution is 2.29. The van der Waals surface area contributed by atoms with Crippen molar-refractivity contribution in [2.75, 3.05) is 44.0 Å². The van der Waals surface area contributed by atoms with Crippen molar-refractivity contribution in [2.45, 2.75) is 25.5 Å². The van der Waals surface area contributed by atoms with Gasteiger partial charge in [0, 0.05) is 26.7 Å². The Balaban J connectivity index is 1.53. The first-order chi connectivity index (χ1) is 15.5. The van der Waals surface area contributed by atoms with Crippen LogP contribution in [0.5, 0.6) is 0 Å². The van der Waals surface area contributed by atoms with Gasteiger partial charge in [-0.3, -0.25) is 9.36 Å². The number of hydrogen-bond donors (Lipinski definition) is 0. The lowest BCUT2D eigenvalue weighted by atomic mass is 10.1. The van der Waals surface area contributed by atoms with Crippen molar-refractivity contribution in [3.63, 3.8) is 0 Å². The van der Waals surface area contributed by atoms with Crippen molar-refractivity contribution in [3.05, 3.63) is 65.2 Å². The number of carbonyl (C=O) groups is 1. The van der Waals surface area contributed by atoms with Gasteiger partial charge in [0.25, 0.3) is 0 Å². The lowest BCUT2D eigenvalue weighted by Gasteiger charge is -2.28. The molecule has 32 heavy (non-hydrogen) atoms. The van der Waals surface area contributed by atoms with Gasteiger partial charge in [-0.25, -0.2) is 0 Å². The first kappa shape index (κ1) is 22.4. The number of anilines is 1. The summed E-state index contributed by atoms with van der Waals surface area (Å²) in [4.78, 5) is 16.8. The van der Waals surface area contributed by atoms with Gasteiger partial charge in [0.05, 0.1) is 24.7 Å². The average molecular weight is 452 g/mol. The van der Waals surface area contributed by atoms with Gasteiger partial charge in [-0.15, -0.1) is 10.2 Å². The van der Waals surface area contributed by atoms with Crippen LogP contribution in [0.25, 0.3) is 5.69 Å². The maximum Gasteiger partial charge on any atom is 0.233 e. The van der Waals surface area contributed by atoms with E-state index in [0.717, 1.165) is 41.0 Å². The highest BCUT2D eigenvalue weighted by Gasteiger charge is 2.23. The van der Waals surface area contributed by atoms with Crippen LogP contribution in [0.15, 0.2) is 53.7 Å². The Kier molecular flexibility index (Phi) is 7.12. The standard InChI is InChI=1S/C24H29N5O2S/c1-18-8-4-6-10-20(18)16-27(3)22(30)17-32-24-26-25-23(28-12-14-31-15-13-28)29(24)21-11-7-5-9-19(21)2/h4-11H,12-17H2,1-3H3. The SMILES string of the molecule is Cc1ccccc1CN(C)C(=O)CSc1nnc(N2CCOCC2)n1-c1ccccc1C. The normalized spacial score (nSPS) is 13.9. The number of benzene rings is 2. The van der Waals surface area contributed by atoms with Gasteiger partial charge >= 0.3 is 0 Å². The first-order valence-corrected chi connectivity index (χ1v) is 11.8. The summed E-state index contributed by atoms with van der Waals surface area (Å²) < 4.78 is 7.57. The fourth-order valence-corrected chi connectivity index (χ4v) is 4.60. The molecule has 0 unspecified atom stereocenters. The highest BCUT2D eigenvalue weighted by molar-refractivity contribution is 7.99. The molecule has 1 aromatic heterocycles. The number of aromatic nitrogens is 3. The zero-order chi connectivity index (χ0) is 22.5. The molecule has 4 rings (SSSR count). The molecule has 1 aliphatic rings. The van der Waals surface area contributed by atoms with Crippen molar-refractivity contribution in [2.24, 2.45) is 0 Å². The second-order valence-corrected chi connectivity index (χ2v) is 8.91. The number of thioether (sulfide) groups is 1. The van der Waals surface area contributed by atoms with Crippen LogP contribution in [0.1, 0.15) is 16.7 Å². The number of carbonyl (C=O) groups excluding carboxylic acids is 1. The zero-order valence-electron chi connectivity index (χ0n) is 18.8. The number of morpholine rings is 1. The van der Waals surface area contributed by atoms with Crippen molar-refractivity contribution >= 4 is 23.6 Å². The molecule has 1 fully saturated rings.